The lowest BCUT2D eigenvalue weighted by Gasteiger charge is -2.36. The molecule has 0 aliphatic carbocycles. The summed E-state index contributed by atoms with van der Waals surface area (Å²) in [6.45, 7) is 7.58. The van der Waals surface area contributed by atoms with Crippen LogP contribution in [0.1, 0.15) is 26.5 Å². The molecule has 1 saturated heterocycles. The summed E-state index contributed by atoms with van der Waals surface area (Å²) in [5, 5.41) is 4.93. The van der Waals surface area contributed by atoms with Crippen LogP contribution < -0.4 is 5.43 Å². The molecule has 1 aromatic rings. The van der Waals surface area contributed by atoms with Gasteiger partial charge in [0.2, 0.25) is 0 Å². The Kier molecular flexibility index (Phi) is 5.03. The quantitative estimate of drug-likeness (QED) is 0.511. The zero-order valence-corrected chi connectivity index (χ0v) is 12.9. The van der Waals surface area contributed by atoms with Gasteiger partial charge in [0.15, 0.2) is 5.11 Å². The molecule has 20 heavy (non-hydrogen) atoms. The van der Waals surface area contributed by atoms with E-state index in [9.17, 15) is 0 Å². The van der Waals surface area contributed by atoms with E-state index in [1.165, 1.54) is 0 Å². The molecule has 2 atom stereocenters. The van der Waals surface area contributed by atoms with Crippen LogP contribution >= 0.6 is 12.2 Å². The summed E-state index contributed by atoms with van der Waals surface area (Å²) in [6.07, 6.45) is 2.11. The van der Waals surface area contributed by atoms with Gasteiger partial charge in [0, 0.05) is 19.3 Å². The molecule has 0 aromatic carbocycles. The molecule has 1 fully saturated rings. The second kappa shape index (κ2) is 6.76. The van der Waals surface area contributed by atoms with Crippen molar-refractivity contribution in [2.75, 3.05) is 13.1 Å². The minimum absolute atomic E-state index is 0.180. The van der Waals surface area contributed by atoms with Gasteiger partial charge in [-0.15, -0.1) is 0 Å². The Morgan fingerprint density at radius 2 is 2.10 bits per heavy atom. The van der Waals surface area contributed by atoms with E-state index in [-0.39, 0.29) is 12.2 Å². The van der Waals surface area contributed by atoms with Crippen molar-refractivity contribution in [2.45, 2.75) is 33.0 Å². The number of hydrogen-bond acceptors (Lipinski definition) is 4. The van der Waals surface area contributed by atoms with Gasteiger partial charge in [-0.25, -0.2) is 0 Å². The summed E-state index contributed by atoms with van der Waals surface area (Å²) in [6, 6.07) is 5.73. The van der Waals surface area contributed by atoms with Crippen LogP contribution in [0, 0.1) is 0 Å². The predicted molar refractivity (Wildman–Crippen MR) is 83.8 cm³/mol. The molecule has 2 rings (SSSR count). The fourth-order valence-electron chi connectivity index (χ4n) is 2.18. The van der Waals surface area contributed by atoms with Crippen molar-refractivity contribution < 1.29 is 4.74 Å². The predicted octanol–water partition coefficient (Wildman–Crippen LogP) is 1.79. The Morgan fingerprint density at radius 1 is 1.40 bits per heavy atom. The zero-order chi connectivity index (χ0) is 14.5. The van der Waals surface area contributed by atoms with E-state index in [0.717, 1.165) is 24.5 Å². The van der Waals surface area contributed by atoms with Gasteiger partial charge in [0.05, 0.1) is 23.6 Å². The van der Waals surface area contributed by atoms with Gasteiger partial charge < -0.3 is 9.64 Å². The standard InChI is InChI=1S/C14H20N4OS/c1-10-8-18(9-11(2)19-10)14(20)17-16-12(3)13-6-4-5-7-15-13/h4-7,10-11H,8-9H2,1-3H3,(H,17,20)/b16-12-. The topological polar surface area (TPSA) is 49.8 Å². The average molecular weight is 292 g/mol. The molecular formula is C14H20N4OS. The van der Waals surface area contributed by atoms with E-state index in [1.54, 1.807) is 6.20 Å². The average Bonchev–Trinajstić information content (AvgIpc) is 2.44. The van der Waals surface area contributed by atoms with Crippen molar-refractivity contribution in [1.82, 2.24) is 15.3 Å². The molecule has 2 heterocycles. The van der Waals surface area contributed by atoms with Crippen molar-refractivity contribution in [2.24, 2.45) is 5.10 Å². The van der Waals surface area contributed by atoms with Gasteiger partial charge >= 0.3 is 0 Å². The van der Waals surface area contributed by atoms with Crippen molar-refractivity contribution in [3.05, 3.63) is 30.1 Å². The van der Waals surface area contributed by atoms with Gasteiger partial charge in [0.25, 0.3) is 0 Å². The van der Waals surface area contributed by atoms with Crippen molar-refractivity contribution in [3.63, 3.8) is 0 Å². The summed E-state index contributed by atoms with van der Waals surface area (Å²) in [5.41, 5.74) is 4.59. The Bertz CT molecular complexity index is 481. The largest absolute Gasteiger partial charge is 0.372 e. The molecule has 2 unspecified atom stereocenters. The Morgan fingerprint density at radius 3 is 2.70 bits per heavy atom. The lowest BCUT2D eigenvalue weighted by atomic mass is 10.2. The maximum absolute atomic E-state index is 5.69. The molecule has 108 valence electrons. The molecule has 5 nitrogen and oxygen atoms in total. The summed E-state index contributed by atoms with van der Waals surface area (Å²) < 4.78 is 5.69. The number of thiocarbonyl (C=S) groups is 1. The first-order chi connectivity index (χ1) is 9.56. The molecule has 1 N–H and O–H groups in total. The molecular weight excluding hydrogens is 272 g/mol. The van der Waals surface area contributed by atoms with Crippen LogP contribution in [0.25, 0.3) is 0 Å². The first kappa shape index (κ1) is 14.9. The van der Waals surface area contributed by atoms with E-state index in [4.69, 9.17) is 17.0 Å². The highest BCUT2D eigenvalue weighted by Crippen LogP contribution is 2.10. The van der Waals surface area contributed by atoms with E-state index < -0.39 is 0 Å². The summed E-state index contributed by atoms with van der Waals surface area (Å²) in [5.74, 6) is 0. The van der Waals surface area contributed by atoms with Gasteiger partial charge in [-0.2, -0.15) is 5.10 Å². The minimum Gasteiger partial charge on any atom is -0.372 e. The normalized spacial score (nSPS) is 23.6. The molecule has 0 bridgehead atoms. The molecule has 1 aliphatic rings. The van der Waals surface area contributed by atoms with Crippen LogP contribution in [0.2, 0.25) is 0 Å². The number of nitrogens with one attached hydrogen (secondary N) is 1. The molecule has 0 radical (unpaired) electrons. The minimum atomic E-state index is 0.180. The van der Waals surface area contributed by atoms with E-state index in [2.05, 4.69) is 20.4 Å². The summed E-state index contributed by atoms with van der Waals surface area (Å²) >= 11 is 5.38. The van der Waals surface area contributed by atoms with Gasteiger partial charge in [-0.3, -0.25) is 10.4 Å². The smallest absolute Gasteiger partial charge is 0.189 e. The van der Waals surface area contributed by atoms with Crippen LogP contribution in [0.3, 0.4) is 0 Å². The molecule has 6 heteroatoms. The van der Waals surface area contributed by atoms with Gasteiger partial charge in [0.1, 0.15) is 0 Å². The number of nitrogens with zero attached hydrogens (tertiary/aromatic N) is 3. The first-order valence-electron chi connectivity index (χ1n) is 6.72. The lowest BCUT2D eigenvalue weighted by molar-refractivity contribution is -0.0481. The van der Waals surface area contributed by atoms with Gasteiger partial charge in [-0.05, 0) is 45.1 Å². The number of hydrazone groups is 1. The number of pyridine rings is 1. The highest BCUT2D eigenvalue weighted by molar-refractivity contribution is 7.80. The van der Waals surface area contributed by atoms with E-state index in [0.29, 0.717) is 5.11 Å². The second-order valence-corrected chi connectivity index (χ2v) is 5.38. The molecule has 0 amide bonds. The Balaban J connectivity index is 1.94. The highest BCUT2D eigenvalue weighted by atomic mass is 32.1. The summed E-state index contributed by atoms with van der Waals surface area (Å²) in [4.78, 5) is 6.33. The maximum Gasteiger partial charge on any atom is 0.189 e. The third kappa shape index (κ3) is 3.98. The maximum atomic E-state index is 5.69. The van der Waals surface area contributed by atoms with Crippen LogP contribution in [0.5, 0.6) is 0 Å². The number of morpholine rings is 1. The monoisotopic (exact) mass is 292 g/mol. The highest BCUT2D eigenvalue weighted by Gasteiger charge is 2.23. The third-order valence-electron chi connectivity index (χ3n) is 3.06. The van der Waals surface area contributed by atoms with Crippen LogP contribution in [-0.2, 0) is 4.74 Å². The lowest BCUT2D eigenvalue weighted by Crippen LogP contribution is -2.50. The Labute approximate surface area is 125 Å². The third-order valence-corrected chi connectivity index (χ3v) is 3.41. The van der Waals surface area contributed by atoms with Gasteiger partial charge in [-0.1, -0.05) is 6.07 Å². The van der Waals surface area contributed by atoms with Crippen LogP contribution in [0.15, 0.2) is 29.5 Å². The fraction of sp³-hybridized carbons (Fsp3) is 0.500. The van der Waals surface area contributed by atoms with Crippen molar-refractivity contribution in [1.29, 1.82) is 0 Å². The number of ether oxygens (including phenoxy) is 1. The summed E-state index contributed by atoms with van der Waals surface area (Å²) in [7, 11) is 0. The number of hydrogen-bond donors (Lipinski definition) is 1. The SMILES string of the molecule is C/C(=N/NC(=S)N1CC(C)OC(C)C1)c1ccccn1. The van der Waals surface area contributed by atoms with Crippen LogP contribution in [0.4, 0.5) is 0 Å². The van der Waals surface area contributed by atoms with Crippen LogP contribution in [-0.4, -0.2) is 46.0 Å². The second-order valence-electron chi connectivity index (χ2n) is 4.99. The number of rotatable bonds is 2. The molecule has 0 spiro atoms. The fourth-order valence-corrected chi connectivity index (χ4v) is 2.37. The number of aromatic nitrogens is 1. The molecule has 1 aliphatic heterocycles. The Hall–Kier alpha value is -1.53. The van der Waals surface area contributed by atoms with Crippen molar-refractivity contribution in [3.8, 4) is 0 Å². The zero-order valence-electron chi connectivity index (χ0n) is 12.0. The van der Waals surface area contributed by atoms with E-state index in [1.807, 2.05) is 39.0 Å². The van der Waals surface area contributed by atoms with E-state index >= 15 is 0 Å². The first-order valence-corrected chi connectivity index (χ1v) is 7.13. The van der Waals surface area contributed by atoms with Crippen molar-refractivity contribution >= 4 is 23.0 Å². The molecule has 0 saturated carbocycles. The molecule has 1 aromatic heterocycles.